The third kappa shape index (κ3) is 2.82. The van der Waals surface area contributed by atoms with E-state index in [4.69, 9.17) is 5.73 Å². The van der Waals surface area contributed by atoms with E-state index in [9.17, 15) is 9.59 Å². The van der Waals surface area contributed by atoms with Gasteiger partial charge in [0, 0.05) is 19.1 Å². The molecule has 1 aromatic rings. The van der Waals surface area contributed by atoms with Crippen LogP contribution in [0.2, 0.25) is 0 Å². The summed E-state index contributed by atoms with van der Waals surface area (Å²) in [6.07, 6.45) is 5.29. The molecule has 6 nitrogen and oxygen atoms in total. The number of hydrogen-bond donors (Lipinski definition) is 1. The predicted molar refractivity (Wildman–Crippen MR) is 85.8 cm³/mol. The van der Waals surface area contributed by atoms with Gasteiger partial charge in [-0.3, -0.25) is 9.59 Å². The highest BCUT2D eigenvalue weighted by atomic mass is 32.1. The summed E-state index contributed by atoms with van der Waals surface area (Å²) in [6, 6.07) is 0.384. The zero-order valence-corrected chi connectivity index (χ0v) is 13.7. The number of carbonyl (C=O) groups is 2. The molecule has 0 aromatic carbocycles. The fourth-order valence-electron chi connectivity index (χ4n) is 3.38. The Morgan fingerprint density at radius 2 is 2.09 bits per heavy atom. The number of aromatic nitrogens is 1. The summed E-state index contributed by atoms with van der Waals surface area (Å²) in [5.41, 5.74) is 6.45. The molecule has 0 bridgehead atoms. The molecule has 7 heteroatoms. The molecule has 120 valence electrons. The van der Waals surface area contributed by atoms with Crippen LogP contribution < -0.4 is 5.73 Å². The molecule has 1 saturated heterocycles. The maximum Gasteiger partial charge on any atom is 0.266 e. The van der Waals surface area contributed by atoms with Crippen molar-refractivity contribution >= 4 is 28.3 Å². The molecule has 0 spiro atoms. The molecule has 0 atom stereocenters. The van der Waals surface area contributed by atoms with Crippen molar-refractivity contribution in [2.24, 2.45) is 0 Å². The zero-order valence-electron chi connectivity index (χ0n) is 12.9. The van der Waals surface area contributed by atoms with Crippen molar-refractivity contribution in [3.05, 3.63) is 10.6 Å². The minimum Gasteiger partial charge on any atom is -0.375 e. The largest absolute Gasteiger partial charge is 0.375 e. The predicted octanol–water partition coefficient (Wildman–Crippen LogP) is 1.51. The van der Waals surface area contributed by atoms with Gasteiger partial charge in [-0.25, -0.2) is 4.98 Å². The van der Waals surface area contributed by atoms with Crippen LogP contribution in [0.4, 0.5) is 5.13 Å². The fourth-order valence-corrected chi connectivity index (χ4v) is 4.27. The normalized spacial score (nSPS) is 20.0. The average molecular weight is 322 g/mol. The van der Waals surface area contributed by atoms with Crippen LogP contribution in [0.3, 0.4) is 0 Å². The van der Waals surface area contributed by atoms with Crippen LogP contribution in [0.1, 0.15) is 48.0 Å². The monoisotopic (exact) mass is 322 g/mol. The van der Waals surface area contributed by atoms with Gasteiger partial charge < -0.3 is 15.5 Å². The molecule has 2 aliphatic rings. The van der Waals surface area contributed by atoms with Crippen molar-refractivity contribution in [2.75, 3.05) is 25.4 Å². The number of piperazine rings is 1. The Hall–Kier alpha value is -1.63. The number of aryl methyl sites for hydroxylation is 1. The standard InChI is InChI=1S/C15H22N4O2S/c1-2-11-13(22-15(16)17-11)14(21)18-7-8-19(12(20)9-18)10-5-3-4-6-10/h10H,2-9H2,1H3,(H2,16,17). The number of anilines is 1. The highest BCUT2D eigenvalue weighted by Gasteiger charge is 2.34. The van der Waals surface area contributed by atoms with E-state index in [1.807, 2.05) is 11.8 Å². The van der Waals surface area contributed by atoms with Crippen molar-refractivity contribution in [3.63, 3.8) is 0 Å². The summed E-state index contributed by atoms with van der Waals surface area (Å²) in [5, 5.41) is 0.413. The van der Waals surface area contributed by atoms with Gasteiger partial charge in [0.1, 0.15) is 11.4 Å². The summed E-state index contributed by atoms with van der Waals surface area (Å²) >= 11 is 1.22. The SMILES string of the molecule is CCc1nc(N)sc1C(=O)N1CCN(C2CCCC2)C(=O)C1. The second kappa shape index (κ2) is 6.24. The van der Waals surface area contributed by atoms with Crippen LogP contribution in [-0.4, -0.2) is 52.3 Å². The number of nitrogens with zero attached hydrogens (tertiary/aromatic N) is 3. The first-order valence-electron chi connectivity index (χ1n) is 7.94. The second-order valence-corrected chi connectivity index (χ2v) is 6.96. The molecule has 2 amide bonds. The minimum atomic E-state index is -0.106. The zero-order chi connectivity index (χ0) is 15.7. The number of amides is 2. The third-order valence-corrected chi connectivity index (χ3v) is 5.47. The molecule has 1 aliphatic carbocycles. The topological polar surface area (TPSA) is 79.5 Å². The van der Waals surface area contributed by atoms with E-state index in [1.54, 1.807) is 4.90 Å². The van der Waals surface area contributed by atoms with Gasteiger partial charge in [-0.05, 0) is 19.3 Å². The van der Waals surface area contributed by atoms with Gasteiger partial charge >= 0.3 is 0 Å². The van der Waals surface area contributed by atoms with Gasteiger partial charge in [0.25, 0.3) is 5.91 Å². The molecule has 3 rings (SSSR count). The molecule has 0 radical (unpaired) electrons. The molecule has 1 saturated carbocycles. The van der Waals surface area contributed by atoms with Crippen molar-refractivity contribution in [1.82, 2.24) is 14.8 Å². The van der Waals surface area contributed by atoms with Gasteiger partial charge in [0.15, 0.2) is 5.13 Å². The maximum absolute atomic E-state index is 12.6. The summed E-state index contributed by atoms with van der Waals surface area (Å²) in [4.78, 5) is 33.4. The Morgan fingerprint density at radius 3 is 2.73 bits per heavy atom. The lowest BCUT2D eigenvalue weighted by Crippen LogP contribution is -2.54. The Kier molecular flexibility index (Phi) is 4.33. The number of nitrogens with two attached hydrogens (primary N) is 1. The highest BCUT2D eigenvalue weighted by Crippen LogP contribution is 2.27. The number of rotatable bonds is 3. The van der Waals surface area contributed by atoms with E-state index < -0.39 is 0 Å². The van der Waals surface area contributed by atoms with Gasteiger partial charge in [0.05, 0.1) is 5.69 Å². The summed E-state index contributed by atoms with van der Waals surface area (Å²) in [5.74, 6) is -0.0347. The van der Waals surface area contributed by atoms with Gasteiger partial charge in [0.2, 0.25) is 5.91 Å². The van der Waals surface area contributed by atoms with Crippen molar-refractivity contribution in [3.8, 4) is 0 Å². The molecule has 2 heterocycles. The van der Waals surface area contributed by atoms with Crippen LogP contribution in [-0.2, 0) is 11.2 Å². The Balaban J connectivity index is 1.69. The molecule has 1 aromatic heterocycles. The molecular formula is C15H22N4O2S. The number of nitrogen functional groups attached to an aromatic ring is 1. The second-order valence-electron chi connectivity index (χ2n) is 5.93. The number of hydrogen-bond acceptors (Lipinski definition) is 5. The van der Waals surface area contributed by atoms with E-state index in [1.165, 1.54) is 24.2 Å². The van der Waals surface area contributed by atoms with E-state index in [2.05, 4.69) is 4.98 Å². The quantitative estimate of drug-likeness (QED) is 0.915. The Bertz CT molecular complexity index is 580. The fraction of sp³-hybridized carbons (Fsp3) is 0.667. The lowest BCUT2D eigenvalue weighted by molar-refractivity contribution is -0.137. The first-order chi connectivity index (χ1) is 10.6. The van der Waals surface area contributed by atoms with Crippen molar-refractivity contribution in [2.45, 2.75) is 45.1 Å². The smallest absolute Gasteiger partial charge is 0.266 e. The third-order valence-electron chi connectivity index (χ3n) is 4.55. The van der Waals surface area contributed by atoms with E-state index in [0.29, 0.717) is 35.6 Å². The molecular weight excluding hydrogens is 300 g/mol. The van der Waals surface area contributed by atoms with Crippen molar-refractivity contribution < 1.29 is 9.59 Å². The summed E-state index contributed by atoms with van der Waals surface area (Å²) in [6.45, 7) is 3.37. The highest BCUT2D eigenvalue weighted by molar-refractivity contribution is 7.17. The van der Waals surface area contributed by atoms with Gasteiger partial charge in [-0.15, -0.1) is 0 Å². The first kappa shape index (κ1) is 15.3. The van der Waals surface area contributed by atoms with Crippen LogP contribution in [0.15, 0.2) is 0 Å². The number of carbonyl (C=O) groups excluding carboxylic acids is 2. The molecule has 22 heavy (non-hydrogen) atoms. The Morgan fingerprint density at radius 1 is 1.36 bits per heavy atom. The van der Waals surface area contributed by atoms with Crippen LogP contribution in [0.25, 0.3) is 0 Å². The maximum atomic E-state index is 12.6. The first-order valence-corrected chi connectivity index (χ1v) is 8.75. The van der Waals surface area contributed by atoms with E-state index in [0.717, 1.165) is 18.5 Å². The van der Waals surface area contributed by atoms with E-state index in [-0.39, 0.29) is 18.4 Å². The molecule has 2 N–H and O–H groups in total. The molecule has 2 fully saturated rings. The minimum absolute atomic E-state index is 0.0713. The lowest BCUT2D eigenvalue weighted by Gasteiger charge is -2.37. The molecule has 1 aliphatic heterocycles. The van der Waals surface area contributed by atoms with Crippen LogP contribution >= 0.6 is 11.3 Å². The summed E-state index contributed by atoms with van der Waals surface area (Å²) < 4.78 is 0. The van der Waals surface area contributed by atoms with Crippen molar-refractivity contribution in [1.29, 1.82) is 0 Å². The lowest BCUT2D eigenvalue weighted by atomic mass is 10.1. The Labute approximate surface area is 134 Å². The van der Waals surface area contributed by atoms with Crippen LogP contribution in [0, 0.1) is 0 Å². The van der Waals surface area contributed by atoms with Gasteiger partial charge in [-0.2, -0.15) is 0 Å². The average Bonchev–Trinajstić information content (AvgIpc) is 3.15. The summed E-state index contributed by atoms with van der Waals surface area (Å²) in [7, 11) is 0. The number of thiazole rings is 1. The molecule has 0 unspecified atom stereocenters. The van der Waals surface area contributed by atoms with E-state index >= 15 is 0 Å². The van der Waals surface area contributed by atoms with Gasteiger partial charge in [-0.1, -0.05) is 31.1 Å². The van der Waals surface area contributed by atoms with Crippen LogP contribution in [0.5, 0.6) is 0 Å².